The van der Waals surface area contributed by atoms with Gasteiger partial charge >= 0.3 is 0 Å². The van der Waals surface area contributed by atoms with Crippen LogP contribution in [-0.4, -0.2) is 34.8 Å². The van der Waals surface area contributed by atoms with Crippen molar-refractivity contribution in [1.29, 1.82) is 0 Å². The zero-order chi connectivity index (χ0) is 18.1. The fourth-order valence-corrected chi connectivity index (χ4v) is 4.56. The third-order valence-electron chi connectivity index (χ3n) is 4.37. The summed E-state index contributed by atoms with van der Waals surface area (Å²) < 4.78 is 6.80. The molecule has 1 saturated heterocycles. The molecule has 0 spiro atoms. The van der Waals surface area contributed by atoms with Crippen molar-refractivity contribution < 1.29 is 14.0 Å². The van der Waals surface area contributed by atoms with Crippen molar-refractivity contribution >= 4 is 49.3 Å². The number of carbonyl (C=O) groups excluding carboxylic acids is 2. The Morgan fingerprint density at radius 3 is 2.92 bits per heavy atom. The summed E-state index contributed by atoms with van der Waals surface area (Å²) in [6.45, 7) is 0.625. The highest BCUT2D eigenvalue weighted by Crippen LogP contribution is 2.36. The molecule has 3 aromatic rings. The number of hydrogen-bond acceptors (Lipinski definition) is 5. The molecule has 0 unspecified atom stereocenters. The molecule has 3 heterocycles. The van der Waals surface area contributed by atoms with Gasteiger partial charge in [-0.05, 0) is 53.0 Å². The number of nitrogens with zero attached hydrogens (tertiary/aromatic N) is 2. The maximum absolute atomic E-state index is 12.6. The number of hydrogen-bond donors (Lipinski definition) is 1. The van der Waals surface area contributed by atoms with E-state index < -0.39 is 5.91 Å². The number of benzene rings is 1. The van der Waals surface area contributed by atoms with Gasteiger partial charge in [-0.15, -0.1) is 11.3 Å². The van der Waals surface area contributed by atoms with Crippen LogP contribution in [0, 0.1) is 0 Å². The molecule has 1 aliphatic heterocycles. The van der Waals surface area contributed by atoms with Crippen LogP contribution in [0.4, 0.5) is 0 Å². The normalized spacial score (nSPS) is 17.0. The Hall–Kier alpha value is -2.19. The average Bonchev–Trinajstić information content (AvgIpc) is 3.36. The number of aromatic nitrogens is 1. The summed E-state index contributed by atoms with van der Waals surface area (Å²) in [5.41, 5.74) is 0.962. The molecule has 6 nitrogen and oxygen atoms in total. The van der Waals surface area contributed by atoms with E-state index in [0.29, 0.717) is 11.2 Å². The summed E-state index contributed by atoms with van der Waals surface area (Å²) in [6.07, 6.45) is 1.83. The number of likely N-dealkylation sites (tertiary alicyclic amines) is 1. The number of para-hydroxylation sites is 1. The Balaban J connectivity index is 1.44. The van der Waals surface area contributed by atoms with E-state index in [4.69, 9.17) is 9.40 Å². The summed E-state index contributed by atoms with van der Waals surface area (Å²) in [4.78, 5) is 31.2. The topological polar surface area (TPSA) is 75.4 Å². The first-order valence-electron chi connectivity index (χ1n) is 8.30. The minimum absolute atomic E-state index is 0.0189. The maximum Gasteiger partial charge on any atom is 0.287 e. The number of thiazole rings is 1. The molecule has 0 radical (unpaired) electrons. The minimum atomic E-state index is -0.403. The first-order valence-corrected chi connectivity index (χ1v) is 9.91. The first kappa shape index (κ1) is 17.2. The van der Waals surface area contributed by atoms with Gasteiger partial charge in [-0.3, -0.25) is 9.59 Å². The molecule has 4 rings (SSSR count). The number of nitrogens with one attached hydrogen (secondary N) is 1. The minimum Gasteiger partial charge on any atom is -0.444 e. The molecule has 2 aromatic heterocycles. The maximum atomic E-state index is 12.6. The number of furan rings is 1. The van der Waals surface area contributed by atoms with Gasteiger partial charge in [0.1, 0.15) is 5.01 Å². The van der Waals surface area contributed by atoms with Gasteiger partial charge in [0.15, 0.2) is 10.4 Å². The Morgan fingerprint density at radius 2 is 2.15 bits per heavy atom. The molecule has 1 aromatic carbocycles. The summed E-state index contributed by atoms with van der Waals surface area (Å²) in [7, 11) is 0. The van der Waals surface area contributed by atoms with E-state index >= 15 is 0 Å². The van der Waals surface area contributed by atoms with Crippen molar-refractivity contribution in [2.45, 2.75) is 18.9 Å². The van der Waals surface area contributed by atoms with Gasteiger partial charge in [-0.1, -0.05) is 12.1 Å². The van der Waals surface area contributed by atoms with Gasteiger partial charge in [-0.25, -0.2) is 4.98 Å². The molecular formula is C18H16BrN3O3S. The van der Waals surface area contributed by atoms with Crippen LogP contribution in [0.15, 0.2) is 45.5 Å². The largest absolute Gasteiger partial charge is 0.444 e. The quantitative estimate of drug-likeness (QED) is 0.679. The van der Waals surface area contributed by atoms with Crippen LogP contribution in [-0.2, 0) is 4.79 Å². The fraction of sp³-hybridized carbons (Fsp3) is 0.278. The second-order valence-electron chi connectivity index (χ2n) is 6.05. The van der Waals surface area contributed by atoms with Crippen molar-refractivity contribution in [1.82, 2.24) is 15.2 Å². The lowest BCUT2D eigenvalue weighted by Crippen LogP contribution is -2.39. The van der Waals surface area contributed by atoms with Crippen molar-refractivity contribution in [3.05, 3.63) is 51.8 Å². The van der Waals surface area contributed by atoms with E-state index in [1.807, 2.05) is 29.2 Å². The third kappa shape index (κ3) is 3.39. The summed E-state index contributed by atoms with van der Waals surface area (Å²) in [6, 6.07) is 11.2. The molecule has 0 aliphatic carbocycles. The molecule has 0 saturated carbocycles. The lowest BCUT2D eigenvalue weighted by Gasteiger charge is -2.23. The van der Waals surface area contributed by atoms with Gasteiger partial charge in [0, 0.05) is 6.54 Å². The Bertz CT molecular complexity index is 934. The zero-order valence-electron chi connectivity index (χ0n) is 13.8. The molecule has 1 N–H and O–H groups in total. The Labute approximate surface area is 162 Å². The molecular weight excluding hydrogens is 418 g/mol. The van der Waals surface area contributed by atoms with Crippen LogP contribution < -0.4 is 5.32 Å². The van der Waals surface area contributed by atoms with Crippen LogP contribution in [0.2, 0.25) is 0 Å². The molecule has 1 aliphatic rings. The number of rotatable bonds is 4. The van der Waals surface area contributed by atoms with Gasteiger partial charge in [0.25, 0.3) is 5.91 Å². The highest BCUT2D eigenvalue weighted by Gasteiger charge is 2.32. The van der Waals surface area contributed by atoms with E-state index in [-0.39, 0.29) is 24.3 Å². The monoisotopic (exact) mass is 433 g/mol. The zero-order valence-corrected chi connectivity index (χ0v) is 16.2. The highest BCUT2D eigenvalue weighted by molar-refractivity contribution is 9.10. The summed E-state index contributed by atoms with van der Waals surface area (Å²) in [5, 5.41) is 3.58. The molecule has 1 atom stereocenters. The third-order valence-corrected chi connectivity index (χ3v) is 5.93. The van der Waals surface area contributed by atoms with Gasteiger partial charge in [0.05, 0.1) is 22.8 Å². The second-order valence-corrected chi connectivity index (χ2v) is 7.90. The van der Waals surface area contributed by atoms with Crippen LogP contribution in [0.5, 0.6) is 0 Å². The van der Waals surface area contributed by atoms with E-state index in [0.717, 1.165) is 28.1 Å². The molecule has 0 bridgehead atoms. The smallest absolute Gasteiger partial charge is 0.287 e. The van der Waals surface area contributed by atoms with Crippen molar-refractivity contribution in [2.24, 2.45) is 0 Å². The number of amides is 2. The van der Waals surface area contributed by atoms with Crippen molar-refractivity contribution in [3.8, 4) is 0 Å². The van der Waals surface area contributed by atoms with Gasteiger partial charge < -0.3 is 14.6 Å². The standard InChI is InChI=1S/C18H16BrN3O3S/c19-15-8-7-13(25-15)17(24)20-10-16(23)22-9-3-5-12(22)18-21-11-4-1-2-6-14(11)26-18/h1-2,4,6-8,12H,3,5,9-10H2,(H,20,24)/t12-/m1/s1. The van der Waals surface area contributed by atoms with E-state index in [1.165, 1.54) is 0 Å². The Kier molecular flexibility index (Phi) is 4.78. The summed E-state index contributed by atoms with van der Waals surface area (Å²) >= 11 is 4.78. The second kappa shape index (κ2) is 7.20. The molecule has 1 fully saturated rings. The lowest BCUT2D eigenvalue weighted by atomic mass is 10.2. The molecule has 8 heteroatoms. The average molecular weight is 434 g/mol. The molecule has 134 valence electrons. The lowest BCUT2D eigenvalue weighted by molar-refractivity contribution is -0.131. The predicted molar refractivity (Wildman–Crippen MR) is 102 cm³/mol. The number of halogens is 1. The van der Waals surface area contributed by atoms with Crippen molar-refractivity contribution in [3.63, 3.8) is 0 Å². The first-order chi connectivity index (χ1) is 12.6. The van der Waals surface area contributed by atoms with Crippen LogP contribution in [0.1, 0.15) is 34.4 Å². The van der Waals surface area contributed by atoms with E-state index in [9.17, 15) is 9.59 Å². The van der Waals surface area contributed by atoms with E-state index in [1.54, 1.807) is 23.5 Å². The van der Waals surface area contributed by atoms with Crippen LogP contribution in [0.3, 0.4) is 0 Å². The number of fused-ring (bicyclic) bond motifs is 1. The van der Waals surface area contributed by atoms with Crippen LogP contribution >= 0.6 is 27.3 Å². The SMILES string of the molecule is O=C(NCC(=O)N1CCC[C@@H]1c1nc2ccccc2s1)c1ccc(Br)o1. The Morgan fingerprint density at radius 1 is 1.31 bits per heavy atom. The predicted octanol–water partition coefficient (Wildman–Crippen LogP) is 3.75. The fourth-order valence-electron chi connectivity index (χ4n) is 3.14. The van der Waals surface area contributed by atoms with Gasteiger partial charge in [0.2, 0.25) is 5.91 Å². The van der Waals surface area contributed by atoms with Gasteiger partial charge in [-0.2, -0.15) is 0 Å². The highest BCUT2D eigenvalue weighted by atomic mass is 79.9. The summed E-state index contributed by atoms with van der Waals surface area (Å²) in [5.74, 6) is -0.334. The van der Waals surface area contributed by atoms with E-state index in [2.05, 4.69) is 21.2 Å². The van der Waals surface area contributed by atoms with Crippen LogP contribution in [0.25, 0.3) is 10.2 Å². The number of carbonyl (C=O) groups is 2. The van der Waals surface area contributed by atoms with Crippen molar-refractivity contribution in [2.75, 3.05) is 13.1 Å². The molecule has 26 heavy (non-hydrogen) atoms. The molecule has 2 amide bonds.